The molecule has 2 rings (SSSR count). The van der Waals surface area contributed by atoms with Crippen LogP contribution in [0.2, 0.25) is 5.02 Å². The summed E-state index contributed by atoms with van der Waals surface area (Å²) in [6, 6.07) is 0. The first-order valence-electron chi connectivity index (χ1n) is 6.72. The van der Waals surface area contributed by atoms with Gasteiger partial charge >= 0.3 is 0 Å². The summed E-state index contributed by atoms with van der Waals surface area (Å²) in [5, 5.41) is 0.614. The summed E-state index contributed by atoms with van der Waals surface area (Å²) in [5.41, 5.74) is 9.53. The molecule has 1 aromatic carbocycles. The second-order valence-corrected chi connectivity index (χ2v) is 5.35. The molecule has 0 fully saturated rings. The highest BCUT2D eigenvalue weighted by Gasteiger charge is 2.26. The summed E-state index contributed by atoms with van der Waals surface area (Å²) in [6.45, 7) is 2.34. The van der Waals surface area contributed by atoms with E-state index in [0.29, 0.717) is 29.3 Å². The van der Waals surface area contributed by atoms with E-state index in [2.05, 4.69) is 0 Å². The molecule has 0 heterocycles. The van der Waals surface area contributed by atoms with Crippen molar-refractivity contribution in [2.45, 2.75) is 39.0 Å². The van der Waals surface area contributed by atoms with Crippen LogP contribution in [0.5, 0.6) is 5.75 Å². The number of methoxy groups -OCH3 is 1. The highest BCUT2D eigenvalue weighted by molar-refractivity contribution is 6.33. The number of ketones is 1. The summed E-state index contributed by atoms with van der Waals surface area (Å²) < 4.78 is 5.40. The largest absolute Gasteiger partial charge is 0.494 e. The predicted molar refractivity (Wildman–Crippen MR) is 77.4 cm³/mol. The van der Waals surface area contributed by atoms with E-state index in [4.69, 9.17) is 22.1 Å². The van der Waals surface area contributed by atoms with E-state index in [1.165, 1.54) is 5.56 Å². The SMILES string of the molecule is COc1c(Cl)c2c(c(C)c1C(=O)CCN)CCCC2. The minimum atomic E-state index is 0.0205. The standard InChI is InChI=1S/C15H20ClNO2/c1-9-10-5-3-4-6-11(10)14(16)15(19-2)13(9)12(18)7-8-17/h3-8,17H2,1-2H3. The van der Waals surface area contributed by atoms with Gasteiger partial charge in [0.1, 0.15) is 5.75 Å². The van der Waals surface area contributed by atoms with Gasteiger partial charge in [-0.2, -0.15) is 0 Å². The van der Waals surface area contributed by atoms with Crippen LogP contribution in [-0.4, -0.2) is 19.4 Å². The Morgan fingerprint density at radius 2 is 1.95 bits per heavy atom. The third-order valence-corrected chi connectivity index (χ3v) is 4.24. The van der Waals surface area contributed by atoms with Crippen LogP contribution in [0, 0.1) is 6.92 Å². The number of fused-ring (bicyclic) bond motifs is 1. The molecule has 0 saturated heterocycles. The fourth-order valence-electron chi connectivity index (χ4n) is 2.91. The van der Waals surface area contributed by atoms with Crippen LogP contribution in [-0.2, 0) is 12.8 Å². The summed E-state index contributed by atoms with van der Waals surface area (Å²) in [6.07, 6.45) is 4.59. The molecule has 19 heavy (non-hydrogen) atoms. The number of nitrogens with two attached hydrogens (primary N) is 1. The first kappa shape index (κ1) is 14.4. The monoisotopic (exact) mass is 281 g/mol. The Labute approximate surface area is 119 Å². The van der Waals surface area contributed by atoms with Gasteiger partial charge in [-0.3, -0.25) is 4.79 Å². The Morgan fingerprint density at radius 3 is 2.53 bits per heavy atom. The van der Waals surface area contributed by atoms with E-state index in [1.807, 2.05) is 6.92 Å². The number of carbonyl (C=O) groups is 1. The topological polar surface area (TPSA) is 52.3 Å². The predicted octanol–water partition coefficient (Wildman–Crippen LogP) is 3.07. The number of hydrogen-bond acceptors (Lipinski definition) is 3. The minimum absolute atomic E-state index is 0.0205. The third kappa shape index (κ3) is 2.49. The maximum Gasteiger partial charge on any atom is 0.168 e. The summed E-state index contributed by atoms with van der Waals surface area (Å²) in [5.74, 6) is 0.547. The normalized spacial score (nSPS) is 14.1. The molecule has 2 N–H and O–H groups in total. The Bertz CT molecular complexity index is 512. The van der Waals surface area contributed by atoms with Crippen molar-refractivity contribution in [2.75, 3.05) is 13.7 Å². The number of Topliss-reactive ketones (excluding diaryl/α,β-unsaturated/α-hetero) is 1. The molecule has 0 aromatic heterocycles. The summed E-state index contributed by atoms with van der Waals surface area (Å²) in [7, 11) is 1.56. The van der Waals surface area contributed by atoms with Gasteiger partial charge in [0.05, 0.1) is 17.7 Å². The Kier molecular flexibility index (Phi) is 4.48. The van der Waals surface area contributed by atoms with Gasteiger partial charge in [0.15, 0.2) is 5.78 Å². The van der Waals surface area contributed by atoms with Crippen LogP contribution >= 0.6 is 11.6 Å². The molecule has 0 saturated carbocycles. The molecule has 0 atom stereocenters. The number of rotatable bonds is 4. The molecule has 1 aromatic rings. The van der Waals surface area contributed by atoms with Crippen LogP contribution in [0.25, 0.3) is 0 Å². The lowest BCUT2D eigenvalue weighted by atomic mass is 9.84. The van der Waals surface area contributed by atoms with Gasteiger partial charge in [-0.15, -0.1) is 0 Å². The van der Waals surface area contributed by atoms with Crippen LogP contribution in [0.15, 0.2) is 0 Å². The van der Waals surface area contributed by atoms with Crippen molar-refractivity contribution >= 4 is 17.4 Å². The molecule has 0 aliphatic heterocycles. The number of ether oxygens (including phenoxy) is 1. The Balaban J connectivity index is 2.64. The maximum atomic E-state index is 12.3. The number of benzene rings is 1. The zero-order valence-corrected chi connectivity index (χ0v) is 12.3. The van der Waals surface area contributed by atoms with Crippen molar-refractivity contribution < 1.29 is 9.53 Å². The molecule has 0 bridgehead atoms. The lowest BCUT2D eigenvalue weighted by Gasteiger charge is -2.24. The van der Waals surface area contributed by atoms with Crippen LogP contribution < -0.4 is 10.5 Å². The smallest absolute Gasteiger partial charge is 0.168 e. The summed E-state index contributed by atoms with van der Waals surface area (Å²) in [4.78, 5) is 12.3. The third-order valence-electron chi connectivity index (χ3n) is 3.84. The van der Waals surface area contributed by atoms with E-state index in [9.17, 15) is 4.79 Å². The number of halogens is 1. The fraction of sp³-hybridized carbons (Fsp3) is 0.533. The van der Waals surface area contributed by atoms with Gasteiger partial charge in [-0.25, -0.2) is 0 Å². The molecule has 0 amide bonds. The molecule has 4 heteroatoms. The van der Waals surface area contributed by atoms with E-state index < -0.39 is 0 Å². The molecule has 0 unspecified atom stereocenters. The molecule has 3 nitrogen and oxygen atoms in total. The second-order valence-electron chi connectivity index (χ2n) is 4.97. The lowest BCUT2D eigenvalue weighted by Crippen LogP contribution is -2.15. The van der Waals surface area contributed by atoms with Crippen molar-refractivity contribution in [3.63, 3.8) is 0 Å². The zero-order valence-electron chi connectivity index (χ0n) is 11.5. The van der Waals surface area contributed by atoms with Gasteiger partial charge < -0.3 is 10.5 Å². The summed E-state index contributed by atoms with van der Waals surface area (Å²) >= 11 is 6.44. The van der Waals surface area contributed by atoms with Crippen LogP contribution in [0.4, 0.5) is 0 Å². The van der Waals surface area contributed by atoms with Crippen LogP contribution in [0.3, 0.4) is 0 Å². The maximum absolute atomic E-state index is 12.3. The highest BCUT2D eigenvalue weighted by Crippen LogP contribution is 2.41. The molecule has 0 radical (unpaired) electrons. The quantitative estimate of drug-likeness (QED) is 0.863. The molecule has 1 aliphatic carbocycles. The van der Waals surface area contributed by atoms with Gasteiger partial charge in [-0.05, 0) is 55.8 Å². The van der Waals surface area contributed by atoms with E-state index >= 15 is 0 Å². The van der Waals surface area contributed by atoms with Gasteiger partial charge in [0, 0.05) is 6.42 Å². The van der Waals surface area contributed by atoms with Crippen molar-refractivity contribution in [1.29, 1.82) is 0 Å². The molecule has 104 valence electrons. The van der Waals surface area contributed by atoms with Crippen molar-refractivity contribution in [3.8, 4) is 5.75 Å². The first-order chi connectivity index (χ1) is 9.11. The molecular formula is C15H20ClNO2. The Hall–Kier alpha value is -1.06. The van der Waals surface area contributed by atoms with Gasteiger partial charge in [0.2, 0.25) is 0 Å². The van der Waals surface area contributed by atoms with E-state index in [1.54, 1.807) is 7.11 Å². The number of carbonyl (C=O) groups excluding carboxylic acids is 1. The van der Waals surface area contributed by atoms with Gasteiger partial charge in [-0.1, -0.05) is 11.6 Å². The van der Waals surface area contributed by atoms with Gasteiger partial charge in [0.25, 0.3) is 0 Å². The average Bonchev–Trinajstić information content (AvgIpc) is 2.42. The first-order valence-corrected chi connectivity index (χ1v) is 7.10. The molecule has 1 aliphatic rings. The van der Waals surface area contributed by atoms with E-state index in [0.717, 1.165) is 36.8 Å². The molecule has 0 spiro atoms. The number of hydrogen-bond donors (Lipinski definition) is 1. The second kappa shape index (κ2) is 5.93. The van der Waals surface area contributed by atoms with E-state index in [-0.39, 0.29) is 5.78 Å². The van der Waals surface area contributed by atoms with Crippen molar-refractivity contribution in [2.24, 2.45) is 5.73 Å². The van der Waals surface area contributed by atoms with Crippen molar-refractivity contribution in [1.82, 2.24) is 0 Å². The lowest BCUT2D eigenvalue weighted by molar-refractivity contribution is 0.0981. The minimum Gasteiger partial charge on any atom is -0.494 e. The Morgan fingerprint density at radius 1 is 1.32 bits per heavy atom. The van der Waals surface area contributed by atoms with Crippen molar-refractivity contribution in [3.05, 3.63) is 27.3 Å². The molecular weight excluding hydrogens is 262 g/mol. The highest BCUT2D eigenvalue weighted by atomic mass is 35.5. The van der Waals surface area contributed by atoms with Crippen LogP contribution in [0.1, 0.15) is 46.3 Å². The zero-order chi connectivity index (χ0) is 14.0. The fourth-order valence-corrected chi connectivity index (χ4v) is 3.29. The average molecular weight is 282 g/mol.